The molecule has 0 bridgehead atoms. The van der Waals surface area contributed by atoms with E-state index >= 15 is 0 Å². The quantitative estimate of drug-likeness (QED) is 0.272. The summed E-state index contributed by atoms with van der Waals surface area (Å²) >= 11 is 9.93. The van der Waals surface area contributed by atoms with Gasteiger partial charge in [0.15, 0.2) is 5.65 Å². The van der Waals surface area contributed by atoms with Gasteiger partial charge in [0.25, 0.3) is 0 Å². The van der Waals surface area contributed by atoms with Gasteiger partial charge in [-0.05, 0) is 39.7 Å². The van der Waals surface area contributed by atoms with Gasteiger partial charge in [-0.2, -0.15) is 9.61 Å². The van der Waals surface area contributed by atoms with Crippen LogP contribution >= 0.6 is 27.5 Å². The van der Waals surface area contributed by atoms with Crippen LogP contribution in [-0.4, -0.2) is 47.4 Å². The number of fused-ring (bicyclic) bond motifs is 1. The number of halogens is 2. The van der Waals surface area contributed by atoms with Crippen molar-refractivity contribution in [3.05, 3.63) is 75.9 Å². The molecule has 4 rings (SSSR count). The van der Waals surface area contributed by atoms with Crippen molar-refractivity contribution in [1.82, 2.24) is 14.6 Å². The highest BCUT2D eigenvalue weighted by Gasteiger charge is 2.13. The van der Waals surface area contributed by atoms with Crippen molar-refractivity contribution in [3.8, 4) is 11.3 Å². The number of hydrogen-bond donors (Lipinski definition) is 2. The Morgan fingerprint density at radius 2 is 2.00 bits per heavy atom. The molecule has 34 heavy (non-hydrogen) atoms. The van der Waals surface area contributed by atoms with Crippen LogP contribution in [0.3, 0.4) is 0 Å². The number of nitrogens with one attached hydrogen (secondary N) is 2. The van der Waals surface area contributed by atoms with E-state index in [1.807, 2.05) is 54.6 Å². The molecule has 0 radical (unpaired) electrons. The van der Waals surface area contributed by atoms with Gasteiger partial charge in [0.05, 0.1) is 29.6 Å². The number of aromatic nitrogens is 3. The number of carbonyl (C=O) groups is 1. The number of carbonyl (C=O) groups excluding carboxylic acids is 1. The Morgan fingerprint density at radius 1 is 1.15 bits per heavy atom. The topological polar surface area (TPSA) is 89.8 Å². The van der Waals surface area contributed by atoms with Crippen LogP contribution in [0.25, 0.3) is 16.9 Å². The maximum absolute atomic E-state index is 12.1. The van der Waals surface area contributed by atoms with Crippen LogP contribution in [0.15, 0.2) is 65.3 Å². The van der Waals surface area contributed by atoms with E-state index < -0.39 is 0 Å². The molecule has 0 atom stereocenters. The van der Waals surface area contributed by atoms with Crippen LogP contribution < -0.4 is 10.6 Å². The minimum Gasteiger partial charge on any atom is -0.382 e. The largest absolute Gasteiger partial charge is 0.382 e. The first-order chi connectivity index (χ1) is 16.5. The van der Waals surface area contributed by atoms with E-state index in [1.165, 1.54) is 0 Å². The first kappa shape index (κ1) is 24.2. The molecule has 0 saturated heterocycles. The molecule has 2 aromatic heterocycles. The molecule has 1 amide bonds. The molecule has 0 saturated carbocycles. The molecule has 176 valence electrons. The van der Waals surface area contributed by atoms with Gasteiger partial charge in [0.1, 0.15) is 12.4 Å². The van der Waals surface area contributed by atoms with Gasteiger partial charge in [-0.3, -0.25) is 4.79 Å². The molecule has 10 heteroatoms. The van der Waals surface area contributed by atoms with Crippen molar-refractivity contribution in [2.45, 2.75) is 6.54 Å². The third-order valence-corrected chi connectivity index (χ3v) is 5.82. The van der Waals surface area contributed by atoms with Crippen LogP contribution in [0.2, 0.25) is 5.02 Å². The predicted molar refractivity (Wildman–Crippen MR) is 136 cm³/mol. The number of benzene rings is 2. The fourth-order valence-electron chi connectivity index (χ4n) is 3.32. The number of ether oxygens (including phenoxy) is 2. The fraction of sp³-hybridized carbons (Fsp3) is 0.208. The second kappa shape index (κ2) is 11.4. The van der Waals surface area contributed by atoms with E-state index in [0.717, 1.165) is 27.1 Å². The predicted octanol–water partition coefficient (Wildman–Crippen LogP) is 5.03. The number of methoxy groups -OCH3 is 1. The van der Waals surface area contributed by atoms with Crippen molar-refractivity contribution in [3.63, 3.8) is 0 Å². The molecule has 0 aliphatic carbocycles. The number of nitrogens with zero attached hydrogens (tertiary/aromatic N) is 3. The van der Waals surface area contributed by atoms with Crippen molar-refractivity contribution >= 4 is 50.6 Å². The number of rotatable bonds is 10. The zero-order chi connectivity index (χ0) is 23.9. The standard InChI is InChI=1S/C24H23BrClN5O3/c1-33-9-10-34-15-23(32)29-17-6-4-5-16(11-17)13-27-22-12-21(18-7-2-3-8-20(18)26)30-24-19(25)14-28-31(22)24/h2-8,11-12,14,27H,9-10,13,15H2,1H3,(H,29,32). The molecule has 2 heterocycles. The molecule has 0 aliphatic rings. The monoisotopic (exact) mass is 543 g/mol. The van der Waals surface area contributed by atoms with Crippen LogP contribution in [0.1, 0.15) is 5.56 Å². The highest BCUT2D eigenvalue weighted by atomic mass is 79.9. The SMILES string of the molecule is COCCOCC(=O)Nc1cccc(CNc2cc(-c3ccccc3Cl)nc3c(Br)cnn23)c1. The van der Waals surface area contributed by atoms with Gasteiger partial charge >= 0.3 is 0 Å². The van der Waals surface area contributed by atoms with E-state index in [-0.39, 0.29) is 12.5 Å². The Balaban J connectivity index is 1.50. The minimum absolute atomic E-state index is 0.0279. The second-order valence-corrected chi connectivity index (χ2v) is 8.64. The first-order valence-electron chi connectivity index (χ1n) is 10.5. The summed E-state index contributed by atoms with van der Waals surface area (Å²) in [5, 5.41) is 11.3. The highest BCUT2D eigenvalue weighted by molar-refractivity contribution is 9.10. The summed E-state index contributed by atoms with van der Waals surface area (Å²) in [4.78, 5) is 16.8. The summed E-state index contributed by atoms with van der Waals surface area (Å²) in [5.41, 5.74) is 3.91. The smallest absolute Gasteiger partial charge is 0.250 e. The van der Waals surface area contributed by atoms with Gasteiger partial charge in [-0.1, -0.05) is 41.9 Å². The number of anilines is 2. The third-order valence-electron chi connectivity index (χ3n) is 4.93. The average molecular weight is 545 g/mol. The van der Waals surface area contributed by atoms with Crippen molar-refractivity contribution in [2.75, 3.05) is 37.6 Å². The Kier molecular flexibility index (Phi) is 8.12. The van der Waals surface area contributed by atoms with Gasteiger partial charge < -0.3 is 20.1 Å². The summed E-state index contributed by atoms with van der Waals surface area (Å²) in [6.07, 6.45) is 1.70. The first-order valence-corrected chi connectivity index (χ1v) is 11.7. The van der Waals surface area contributed by atoms with Crippen molar-refractivity contribution in [2.24, 2.45) is 0 Å². The van der Waals surface area contributed by atoms with Crippen LogP contribution in [-0.2, 0) is 20.8 Å². The summed E-state index contributed by atoms with van der Waals surface area (Å²) < 4.78 is 12.7. The van der Waals surface area contributed by atoms with Crippen molar-refractivity contribution in [1.29, 1.82) is 0 Å². The molecule has 0 unspecified atom stereocenters. The Labute approximate surface area is 210 Å². The summed E-state index contributed by atoms with van der Waals surface area (Å²) in [6.45, 7) is 1.29. The molecule has 4 aromatic rings. The lowest BCUT2D eigenvalue weighted by atomic mass is 10.1. The van der Waals surface area contributed by atoms with Gasteiger partial charge in [0, 0.05) is 36.0 Å². The molecule has 2 aromatic carbocycles. The van der Waals surface area contributed by atoms with E-state index in [4.69, 9.17) is 26.1 Å². The maximum Gasteiger partial charge on any atom is 0.250 e. The summed E-state index contributed by atoms with van der Waals surface area (Å²) in [7, 11) is 1.59. The molecular formula is C24H23BrClN5O3. The number of hydrogen-bond acceptors (Lipinski definition) is 6. The van der Waals surface area contributed by atoms with Crippen LogP contribution in [0.4, 0.5) is 11.5 Å². The van der Waals surface area contributed by atoms with Gasteiger partial charge in [-0.15, -0.1) is 0 Å². The molecule has 0 aliphatic heterocycles. The van der Waals surface area contributed by atoms with E-state index in [1.54, 1.807) is 17.8 Å². The Hall–Kier alpha value is -2.98. The Morgan fingerprint density at radius 3 is 2.82 bits per heavy atom. The normalized spacial score (nSPS) is 11.0. The van der Waals surface area contributed by atoms with E-state index in [9.17, 15) is 4.79 Å². The number of amides is 1. The minimum atomic E-state index is -0.220. The lowest BCUT2D eigenvalue weighted by molar-refractivity contribution is -0.121. The lowest BCUT2D eigenvalue weighted by Gasteiger charge is -2.13. The van der Waals surface area contributed by atoms with Crippen LogP contribution in [0.5, 0.6) is 0 Å². The molecule has 0 spiro atoms. The zero-order valence-electron chi connectivity index (χ0n) is 18.4. The summed E-state index contributed by atoms with van der Waals surface area (Å²) in [5.74, 6) is 0.537. The molecule has 0 fully saturated rings. The molecule has 2 N–H and O–H groups in total. The summed E-state index contributed by atoms with van der Waals surface area (Å²) in [6, 6.07) is 17.1. The second-order valence-electron chi connectivity index (χ2n) is 7.38. The van der Waals surface area contributed by atoms with Crippen molar-refractivity contribution < 1.29 is 14.3 Å². The average Bonchev–Trinajstić information content (AvgIpc) is 3.21. The maximum atomic E-state index is 12.1. The fourth-order valence-corrected chi connectivity index (χ4v) is 3.91. The van der Waals surface area contributed by atoms with Gasteiger partial charge in [-0.25, -0.2) is 4.98 Å². The van der Waals surface area contributed by atoms with E-state index in [0.29, 0.717) is 36.1 Å². The molecule has 8 nitrogen and oxygen atoms in total. The van der Waals surface area contributed by atoms with E-state index in [2.05, 4.69) is 31.7 Å². The lowest BCUT2D eigenvalue weighted by Crippen LogP contribution is -2.19. The third kappa shape index (κ3) is 5.92. The Bertz CT molecular complexity index is 1300. The van der Waals surface area contributed by atoms with Crippen LogP contribution in [0, 0.1) is 0 Å². The zero-order valence-corrected chi connectivity index (χ0v) is 20.8. The highest BCUT2D eigenvalue weighted by Crippen LogP contribution is 2.30. The van der Waals surface area contributed by atoms with Gasteiger partial charge in [0.2, 0.25) is 5.91 Å². The molecular weight excluding hydrogens is 522 g/mol.